The molecule has 1 aromatic rings. The molecule has 2 aliphatic rings. The first-order valence-electron chi connectivity index (χ1n) is 7.98. The third-order valence-electron chi connectivity index (χ3n) is 4.63. The molecule has 24 heavy (non-hydrogen) atoms. The van der Waals surface area contributed by atoms with E-state index in [9.17, 15) is 19.5 Å². The number of aliphatic hydroxyl groups is 1. The van der Waals surface area contributed by atoms with Crippen LogP contribution in [0.3, 0.4) is 0 Å². The molecule has 2 atom stereocenters. The van der Waals surface area contributed by atoms with Gasteiger partial charge in [-0.2, -0.15) is 5.10 Å². The molecule has 2 unspecified atom stereocenters. The summed E-state index contributed by atoms with van der Waals surface area (Å²) in [5, 5.41) is 19.4. The lowest BCUT2D eigenvalue weighted by molar-refractivity contribution is -0.142. The number of hydrogen-bond donors (Lipinski definition) is 3. The van der Waals surface area contributed by atoms with E-state index in [1.165, 1.54) is 13.1 Å². The molecule has 2 fully saturated rings. The number of amides is 3. The number of carbonyl (C=O) groups is 3. The fraction of sp³-hybridized carbons (Fsp3) is 0.600. The second kappa shape index (κ2) is 6.60. The lowest BCUT2D eigenvalue weighted by Crippen LogP contribution is -2.60. The first-order valence-corrected chi connectivity index (χ1v) is 7.98. The van der Waals surface area contributed by atoms with Gasteiger partial charge in [-0.3, -0.25) is 19.5 Å². The predicted octanol–water partition coefficient (Wildman–Crippen LogP) is -1.42. The Labute approximate surface area is 139 Å². The summed E-state index contributed by atoms with van der Waals surface area (Å²) in [5.41, 5.74) is 0.378. The average molecular weight is 335 g/mol. The summed E-state index contributed by atoms with van der Waals surface area (Å²) in [7, 11) is 0. The van der Waals surface area contributed by atoms with Crippen LogP contribution >= 0.6 is 0 Å². The van der Waals surface area contributed by atoms with Gasteiger partial charge in [0.15, 0.2) is 0 Å². The van der Waals surface area contributed by atoms with Gasteiger partial charge in [-0.05, 0) is 12.5 Å². The Morgan fingerprint density at radius 1 is 1.29 bits per heavy atom. The minimum absolute atomic E-state index is 0.0373. The number of carbonyl (C=O) groups excluding carboxylic acids is 3. The van der Waals surface area contributed by atoms with Crippen LogP contribution in [0.2, 0.25) is 0 Å². The van der Waals surface area contributed by atoms with Crippen molar-refractivity contribution in [3.63, 3.8) is 0 Å². The highest BCUT2D eigenvalue weighted by Crippen LogP contribution is 2.18. The molecule has 9 nitrogen and oxygen atoms in total. The summed E-state index contributed by atoms with van der Waals surface area (Å²) >= 11 is 0. The van der Waals surface area contributed by atoms with Crippen LogP contribution in [0.5, 0.6) is 0 Å². The SMILES string of the molecule is CC(=O)N1CC(C(=O)NC2CCN(C(=O)c3ccn[nH]3)CC2O)C1. The maximum absolute atomic E-state index is 12.2. The maximum Gasteiger partial charge on any atom is 0.271 e. The van der Waals surface area contributed by atoms with Gasteiger partial charge in [-0.25, -0.2) is 0 Å². The number of aromatic nitrogens is 2. The topological polar surface area (TPSA) is 119 Å². The van der Waals surface area contributed by atoms with E-state index in [2.05, 4.69) is 15.5 Å². The van der Waals surface area contributed by atoms with E-state index in [1.807, 2.05) is 0 Å². The van der Waals surface area contributed by atoms with E-state index in [4.69, 9.17) is 0 Å². The third-order valence-corrected chi connectivity index (χ3v) is 4.63. The molecule has 3 heterocycles. The van der Waals surface area contributed by atoms with Crippen LogP contribution in [0.4, 0.5) is 0 Å². The maximum atomic E-state index is 12.2. The second-order valence-electron chi connectivity index (χ2n) is 6.31. The molecule has 0 radical (unpaired) electrons. The van der Waals surface area contributed by atoms with Gasteiger partial charge >= 0.3 is 0 Å². The van der Waals surface area contributed by atoms with Gasteiger partial charge in [-0.1, -0.05) is 0 Å². The number of nitrogens with one attached hydrogen (secondary N) is 2. The molecule has 0 bridgehead atoms. The highest BCUT2D eigenvalue weighted by atomic mass is 16.3. The second-order valence-corrected chi connectivity index (χ2v) is 6.31. The molecule has 0 spiro atoms. The van der Waals surface area contributed by atoms with Crippen LogP contribution in [0.1, 0.15) is 23.8 Å². The van der Waals surface area contributed by atoms with Gasteiger partial charge in [0.05, 0.1) is 18.1 Å². The Balaban J connectivity index is 1.49. The first kappa shape index (κ1) is 16.4. The van der Waals surface area contributed by atoms with Crippen LogP contribution in [0, 0.1) is 5.92 Å². The molecular formula is C15H21N5O4. The van der Waals surface area contributed by atoms with Crippen LogP contribution in [0.25, 0.3) is 0 Å². The fourth-order valence-corrected chi connectivity index (χ4v) is 3.03. The van der Waals surface area contributed by atoms with Crippen LogP contribution in [-0.2, 0) is 9.59 Å². The van der Waals surface area contributed by atoms with Crippen molar-refractivity contribution in [1.29, 1.82) is 0 Å². The molecule has 3 N–H and O–H groups in total. The molecule has 9 heteroatoms. The van der Waals surface area contributed by atoms with Crippen molar-refractivity contribution < 1.29 is 19.5 Å². The minimum Gasteiger partial charge on any atom is -0.389 e. The van der Waals surface area contributed by atoms with E-state index in [0.29, 0.717) is 31.7 Å². The van der Waals surface area contributed by atoms with Crippen molar-refractivity contribution in [1.82, 2.24) is 25.3 Å². The summed E-state index contributed by atoms with van der Waals surface area (Å²) in [4.78, 5) is 38.7. The zero-order valence-corrected chi connectivity index (χ0v) is 13.4. The number of rotatable bonds is 3. The summed E-state index contributed by atoms with van der Waals surface area (Å²) < 4.78 is 0. The zero-order chi connectivity index (χ0) is 17.3. The van der Waals surface area contributed by atoms with E-state index >= 15 is 0 Å². The first-order chi connectivity index (χ1) is 11.5. The number of hydrogen-bond acceptors (Lipinski definition) is 5. The minimum atomic E-state index is -0.821. The van der Waals surface area contributed by atoms with E-state index in [-0.39, 0.29) is 36.2 Å². The Morgan fingerprint density at radius 2 is 2.04 bits per heavy atom. The summed E-state index contributed by atoms with van der Waals surface area (Å²) in [5.74, 6) is -0.618. The van der Waals surface area contributed by atoms with E-state index in [1.54, 1.807) is 15.9 Å². The quantitative estimate of drug-likeness (QED) is 0.626. The summed E-state index contributed by atoms with van der Waals surface area (Å²) in [6.45, 7) is 2.93. The number of H-pyrrole nitrogens is 1. The summed E-state index contributed by atoms with van der Waals surface area (Å²) in [6, 6.07) is 1.20. The molecule has 1 aromatic heterocycles. The zero-order valence-electron chi connectivity index (χ0n) is 13.4. The molecule has 3 amide bonds. The summed E-state index contributed by atoms with van der Waals surface area (Å²) in [6.07, 6.45) is 1.16. The smallest absolute Gasteiger partial charge is 0.271 e. The number of aliphatic hydroxyl groups excluding tert-OH is 1. The van der Waals surface area contributed by atoms with Crippen molar-refractivity contribution in [3.05, 3.63) is 18.0 Å². The highest BCUT2D eigenvalue weighted by molar-refractivity contribution is 5.92. The van der Waals surface area contributed by atoms with Gasteiger partial charge < -0.3 is 20.2 Å². The molecule has 2 aliphatic heterocycles. The molecule has 0 saturated carbocycles. The molecular weight excluding hydrogens is 314 g/mol. The Morgan fingerprint density at radius 3 is 2.62 bits per heavy atom. The lowest BCUT2D eigenvalue weighted by atomic mass is 9.96. The molecule has 0 aromatic carbocycles. The van der Waals surface area contributed by atoms with Crippen LogP contribution in [0.15, 0.2) is 12.3 Å². The van der Waals surface area contributed by atoms with Crippen molar-refractivity contribution in [3.8, 4) is 0 Å². The fourth-order valence-electron chi connectivity index (χ4n) is 3.03. The van der Waals surface area contributed by atoms with Crippen molar-refractivity contribution in [2.24, 2.45) is 5.92 Å². The van der Waals surface area contributed by atoms with Gasteiger partial charge in [0, 0.05) is 39.3 Å². The van der Waals surface area contributed by atoms with Crippen molar-refractivity contribution in [2.75, 3.05) is 26.2 Å². The third kappa shape index (κ3) is 3.25. The largest absolute Gasteiger partial charge is 0.389 e. The van der Waals surface area contributed by atoms with Crippen molar-refractivity contribution >= 4 is 17.7 Å². The van der Waals surface area contributed by atoms with Crippen LogP contribution < -0.4 is 5.32 Å². The molecule has 130 valence electrons. The predicted molar refractivity (Wildman–Crippen MR) is 82.8 cm³/mol. The Kier molecular flexibility index (Phi) is 4.52. The number of likely N-dealkylation sites (tertiary alicyclic amines) is 2. The van der Waals surface area contributed by atoms with Gasteiger partial charge in [0.25, 0.3) is 5.91 Å². The van der Waals surface area contributed by atoms with E-state index in [0.717, 1.165) is 0 Å². The lowest BCUT2D eigenvalue weighted by Gasteiger charge is -2.40. The normalized spacial score (nSPS) is 24.4. The van der Waals surface area contributed by atoms with Gasteiger partial charge in [-0.15, -0.1) is 0 Å². The molecule has 3 rings (SSSR count). The monoisotopic (exact) mass is 335 g/mol. The van der Waals surface area contributed by atoms with Gasteiger partial charge in [0.1, 0.15) is 5.69 Å². The number of β-amino-alcohol motifs (C(OH)–C–C–N with tert-alkyl or cyclic N) is 1. The van der Waals surface area contributed by atoms with Crippen molar-refractivity contribution in [2.45, 2.75) is 25.5 Å². The Hall–Kier alpha value is -2.42. The standard InChI is InChI=1S/C15H21N5O4/c1-9(21)20-6-10(7-20)14(23)17-11-3-5-19(8-13(11)22)15(24)12-2-4-16-18-12/h2,4,10-11,13,22H,3,5-8H2,1H3,(H,16,18)(H,17,23). The molecule has 2 saturated heterocycles. The van der Waals surface area contributed by atoms with E-state index < -0.39 is 6.10 Å². The van der Waals surface area contributed by atoms with Crippen LogP contribution in [-0.4, -0.2) is 81.2 Å². The van der Waals surface area contributed by atoms with Gasteiger partial charge in [0.2, 0.25) is 11.8 Å². The number of aromatic amines is 1. The molecule has 0 aliphatic carbocycles. The number of piperidine rings is 1. The number of nitrogens with zero attached hydrogens (tertiary/aromatic N) is 3. The highest BCUT2D eigenvalue weighted by Gasteiger charge is 2.37. The Bertz CT molecular complexity index is 626. The average Bonchev–Trinajstić information content (AvgIpc) is 3.00.